The minimum absolute atomic E-state index is 0.131. The summed E-state index contributed by atoms with van der Waals surface area (Å²) in [4.78, 5) is 27.7. The van der Waals surface area contributed by atoms with Crippen LogP contribution in [-0.2, 0) is 19.2 Å². The van der Waals surface area contributed by atoms with Crippen LogP contribution in [0.25, 0.3) is 0 Å². The predicted molar refractivity (Wildman–Crippen MR) is 74.5 cm³/mol. The summed E-state index contributed by atoms with van der Waals surface area (Å²) in [6.45, 7) is 5.40. The van der Waals surface area contributed by atoms with E-state index in [1.54, 1.807) is 32.9 Å². The van der Waals surface area contributed by atoms with Crippen LogP contribution in [0.5, 0.6) is 0 Å². The zero-order valence-electron chi connectivity index (χ0n) is 12.1. The van der Waals surface area contributed by atoms with E-state index in [4.69, 9.17) is 10.6 Å². The van der Waals surface area contributed by atoms with Gasteiger partial charge in [0, 0.05) is 6.42 Å². The van der Waals surface area contributed by atoms with Crippen molar-refractivity contribution >= 4 is 11.9 Å². The molecule has 0 spiro atoms. The van der Waals surface area contributed by atoms with Crippen LogP contribution in [0.4, 0.5) is 0 Å². The number of rotatable bonds is 5. The third-order valence-corrected chi connectivity index (χ3v) is 2.66. The Morgan fingerprint density at radius 3 is 2.30 bits per heavy atom. The van der Waals surface area contributed by atoms with Crippen LogP contribution >= 0.6 is 0 Å². The molecule has 1 rings (SSSR count). The van der Waals surface area contributed by atoms with Crippen molar-refractivity contribution in [1.82, 2.24) is 0 Å². The summed E-state index contributed by atoms with van der Waals surface area (Å²) in [5.41, 5.74) is 0.236. The maximum atomic E-state index is 11.7. The molecule has 0 radical (unpaired) electrons. The van der Waals surface area contributed by atoms with Crippen LogP contribution in [0.2, 0.25) is 0 Å². The fourth-order valence-electron chi connectivity index (χ4n) is 1.84. The van der Waals surface area contributed by atoms with Crippen molar-refractivity contribution in [2.45, 2.75) is 45.1 Å². The third kappa shape index (κ3) is 5.40. The molecule has 0 heterocycles. The Hall–Kier alpha value is -1.88. The van der Waals surface area contributed by atoms with Gasteiger partial charge in [0.2, 0.25) is 0 Å². The van der Waals surface area contributed by atoms with Crippen molar-refractivity contribution in [3.63, 3.8) is 0 Å². The summed E-state index contributed by atoms with van der Waals surface area (Å²) >= 11 is 0. The summed E-state index contributed by atoms with van der Waals surface area (Å²) in [5.74, 6) is 3.49. The molecular formula is C15H21NO4. The Kier molecular flexibility index (Phi) is 5.70. The quantitative estimate of drug-likeness (QED) is 0.661. The maximum absolute atomic E-state index is 11.7. The normalized spacial score (nSPS) is 12.6. The molecule has 1 unspecified atom stereocenters. The van der Waals surface area contributed by atoms with Gasteiger partial charge in [-0.25, -0.2) is 4.79 Å². The molecule has 2 N–H and O–H groups in total. The standard InChI is InChI=1S/C15H21NO4/c1-15(2,3)19-13(17)10-9-12(14(18)20-16)11-7-5-4-6-8-11/h4-8,12H,9-10,16H2,1-3H3. The van der Waals surface area contributed by atoms with Crippen LogP contribution in [0.15, 0.2) is 30.3 Å². The van der Waals surface area contributed by atoms with Crippen molar-refractivity contribution in [2.24, 2.45) is 5.90 Å². The molecule has 1 aromatic rings. The molecule has 0 aliphatic heterocycles. The number of benzene rings is 1. The molecule has 5 heteroatoms. The Balaban J connectivity index is 2.68. The lowest BCUT2D eigenvalue weighted by Gasteiger charge is -2.20. The van der Waals surface area contributed by atoms with E-state index in [-0.39, 0.29) is 12.4 Å². The number of esters is 1. The summed E-state index contributed by atoms with van der Waals surface area (Å²) < 4.78 is 5.22. The average molecular weight is 279 g/mol. The van der Waals surface area contributed by atoms with E-state index in [1.165, 1.54) is 0 Å². The Morgan fingerprint density at radius 1 is 1.20 bits per heavy atom. The van der Waals surface area contributed by atoms with Crippen molar-refractivity contribution in [3.05, 3.63) is 35.9 Å². The van der Waals surface area contributed by atoms with Crippen LogP contribution in [0.3, 0.4) is 0 Å². The minimum atomic E-state index is -0.561. The van der Waals surface area contributed by atoms with E-state index >= 15 is 0 Å². The van der Waals surface area contributed by atoms with Gasteiger partial charge in [0.05, 0.1) is 5.92 Å². The molecule has 1 atom stereocenters. The van der Waals surface area contributed by atoms with E-state index in [0.717, 1.165) is 5.56 Å². The van der Waals surface area contributed by atoms with Crippen molar-refractivity contribution in [1.29, 1.82) is 0 Å². The topological polar surface area (TPSA) is 78.6 Å². The second-order valence-electron chi connectivity index (χ2n) is 5.53. The number of nitrogens with two attached hydrogens (primary N) is 1. The number of ether oxygens (including phenoxy) is 1. The molecule has 0 saturated carbocycles. The van der Waals surface area contributed by atoms with Crippen LogP contribution in [-0.4, -0.2) is 17.5 Å². The molecule has 0 amide bonds. The highest BCUT2D eigenvalue weighted by Gasteiger charge is 2.24. The molecule has 20 heavy (non-hydrogen) atoms. The fourth-order valence-corrected chi connectivity index (χ4v) is 1.84. The maximum Gasteiger partial charge on any atom is 0.331 e. The number of carbonyl (C=O) groups is 2. The molecule has 1 aromatic carbocycles. The second-order valence-corrected chi connectivity index (χ2v) is 5.53. The van der Waals surface area contributed by atoms with Crippen molar-refractivity contribution in [2.75, 3.05) is 0 Å². The third-order valence-electron chi connectivity index (χ3n) is 2.66. The van der Waals surface area contributed by atoms with E-state index in [0.29, 0.717) is 6.42 Å². The lowest BCUT2D eigenvalue weighted by molar-refractivity contribution is -0.155. The van der Waals surface area contributed by atoms with Gasteiger partial charge in [-0.2, -0.15) is 5.90 Å². The average Bonchev–Trinajstić information content (AvgIpc) is 2.37. The Morgan fingerprint density at radius 2 is 1.80 bits per heavy atom. The van der Waals surface area contributed by atoms with Crippen LogP contribution in [0.1, 0.15) is 45.1 Å². The van der Waals surface area contributed by atoms with Crippen molar-refractivity contribution in [3.8, 4) is 0 Å². The summed E-state index contributed by atoms with van der Waals surface area (Å²) in [7, 11) is 0. The number of hydrogen-bond donors (Lipinski definition) is 1. The predicted octanol–water partition coefficient (Wildman–Crippen LogP) is 2.31. The molecular weight excluding hydrogens is 258 g/mol. The number of hydrogen-bond acceptors (Lipinski definition) is 5. The summed E-state index contributed by atoms with van der Waals surface area (Å²) in [6.07, 6.45) is 0.431. The number of carbonyl (C=O) groups excluding carboxylic acids is 2. The highest BCUT2D eigenvalue weighted by atomic mass is 16.7. The first kappa shape index (κ1) is 16.2. The van der Waals surface area contributed by atoms with E-state index in [9.17, 15) is 9.59 Å². The van der Waals surface area contributed by atoms with Crippen LogP contribution < -0.4 is 5.90 Å². The smallest absolute Gasteiger partial charge is 0.331 e. The second kappa shape index (κ2) is 7.05. The molecule has 0 aliphatic rings. The molecule has 110 valence electrons. The first-order chi connectivity index (χ1) is 9.33. The molecule has 0 aliphatic carbocycles. The minimum Gasteiger partial charge on any atom is -0.460 e. The van der Waals surface area contributed by atoms with Gasteiger partial charge < -0.3 is 9.57 Å². The first-order valence-corrected chi connectivity index (χ1v) is 6.51. The highest BCUT2D eigenvalue weighted by Crippen LogP contribution is 2.23. The highest BCUT2D eigenvalue weighted by molar-refractivity contribution is 5.79. The summed E-state index contributed by atoms with van der Waals surface area (Å²) in [5, 5.41) is 0. The SMILES string of the molecule is CC(C)(C)OC(=O)CCC(C(=O)ON)c1ccccc1. The van der Waals surface area contributed by atoms with Gasteiger partial charge in [-0.05, 0) is 32.8 Å². The molecule has 0 fully saturated rings. The summed E-state index contributed by atoms with van der Waals surface area (Å²) in [6, 6.07) is 9.09. The van der Waals surface area contributed by atoms with Gasteiger partial charge >= 0.3 is 11.9 Å². The van der Waals surface area contributed by atoms with E-state index < -0.39 is 17.5 Å². The van der Waals surface area contributed by atoms with E-state index in [2.05, 4.69) is 4.84 Å². The molecule has 0 aromatic heterocycles. The van der Waals surface area contributed by atoms with Gasteiger partial charge in [-0.3, -0.25) is 4.79 Å². The molecule has 0 bridgehead atoms. The fraction of sp³-hybridized carbons (Fsp3) is 0.467. The largest absolute Gasteiger partial charge is 0.460 e. The molecule has 0 saturated heterocycles. The zero-order chi connectivity index (χ0) is 15.2. The van der Waals surface area contributed by atoms with Gasteiger partial charge in [-0.15, -0.1) is 0 Å². The Labute approximate surface area is 119 Å². The zero-order valence-corrected chi connectivity index (χ0v) is 12.1. The first-order valence-electron chi connectivity index (χ1n) is 6.51. The lowest BCUT2D eigenvalue weighted by atomic mass is 9.94. The monoisotopic (exact) mass is 279 g/mol. The Bertz CT molecular complexity index is 451. The van der Waals surface area contributed by atoms with Gasteiger partial charge in [0.15, 0.2) is 0 Å². The van der Waals surface area contributed by atoms with E-state index in [1.807, 2.05) is 18.2 Å². The van der Waals surface area contributed by atoms with Gasteiger partial charge in [0.1, 0.15) is 5.60 Å². The lowest BCUT2D eigenvalue weighted by Crippen LogP contribution is -2.25. The molecule has 5 nitrogen and oxygen atoms in total. The van der Waals surface area contributed by atoms with Crippen LogP contribution in [0, 0.1) is 0 Å². The van der Waals surface area contributed by atoms with Gasteiger partial charge in [-0.1, -0.05) is 30.3 Å². The van der Waals surface area contributed by atoms with Gasteiger partial charge in [0.25, 0.3) is 0 Å². The van der Waals surface area contributed by atoms with Crippen molar-refractivity contribution < 1.29 is 19.2 Å².